The molecule has 190 valence electrons. The molecule has 3 heterocycles. The number of aliphatic hydroxyl groups excluding tert-OH is 1. The Kier molecular flexibility index (Phi) is 6.77. The SMILES string of the molecule is CC1=C[C@@H]2/C=C(/C)CC[C@H](O)[C@H]3OC(C)(C)O[C@@H]3CC(=O)O[C@]23C(=O)N[C@@H](CC(C)C)[C@H]3[C@@H]1C. The molecule has 4 aliphatic rings. The lowest BCUT2D eigenvalue weighted by Crippen LogP contribution is -2.56. The van der Waals surface area contributed by atoms with Crippen molar-refractivity contribution in [2.24, 2.45) is 23.7 Å². The number of rotatable bonds is 2. The number of allylic oxidation sites excluding steroid dienone is 2. The van der Waals surface area contributed by atoms with Crippen molar-refractivity contribution in [2.45, 2.75) is 110 Å². The molecule has 7 heteroatoms. The third-order valence-electron chi connectivity index (χ3n) is 8.07. The quantitative estimate of drug-likeness (QED) is 0.468. The lowest BCUT2D eigenvalue weighted by Gasteiger charge is -2.45. The standard InChI is InChI=1S/C27H41NO6/c1-14(2)10-19-23-17(5)16(4)12-18-11-15(3)8-9-20(29)24-21(32-26(6,7)34-24)13-22(30)33-27(18,23)25(31)28-19/h11-12,14,17-21,23-24,29H,8-10,13H2,1-7H3,(H,28,31)/b15-11-/t17-,18+,19+,20+,21-,23-,24-,27-/m1/s1. The molecule has 0 unspecified atom stereocenters. The van der Waals surface area contributed by atoms with Crippen LogP contribution in [0.2, 0.25) is 0 Å². The summed E-state index contributed by atoms with van der Waals surface area (Å²) in [6.45, 7) is 14.1. The molecular formula is C27H41NO6. The summed E-state index contributed by atoms with van der Waals surface area (Å²) >= 11 is 0. The minimum absolute atomic E-state index is 0.0670. The summed E-state index contributed by atoms with van der Waals surface area (Å²) in [7, 11) is 0. The molecule has 1 amide bonds. The van der Waals surface area contributed by atoms with E-state index in [2.05, 4.69) is 45.2 Å². The maximum absolute atomic E-state index is 13.7. The van der Waals surface area contributed by atoms with Crippen LogP contribution in [0.3, 0.4) is 0 Å². The zero-order valence-corrected chi connectivity index (χ0v) is 21.6. The first-order valence-electron chi connectivity index (χ1n) is 12.8. The van der Waals surface area contributed by atoms with Crippen molar-refractivity contribution in [3.63, 3.8) is 0 Å². The second-order valence-electron chi connectivity index (χ2n) is 11.7. The number of ether oxygens (including phenoxy) is 3. The van der Waals surface area contributed by atoms with Crippen LogP contribution in [0.4, 0.5) is 0 Å². The molecular weight excluding hydrogens is 434 g/mol. The molecule has 3 aliphatic heterocycles. The van der Waals surface area contributed by atoms with Gasteiger partial charge < -0.3 is 24.6 Å². The lowest BCUT2D eigenvalue weighted by atomic mass is 9.63. The normalized spacial score (nSPS) is 43.9. The zero-order valence-electron chi connectivity index (χ0n) is 21.6. The van der Waals surface area contributed by atoms with Gasteiger partial charge in [-0.15, -0.1) is 0 Å². The molecule has 2 saturated heterocycles. The number of nitrogens with one attached hydrogen (secondary N) is 1. The molecule has 1 aliphatic carbocycles. The molecule has 0 saturated carbocycles. The number of fused-ring (bicyclic) bond motifs is 1. The van der Waals surface area contributed by atoms with Crippen LogP contribution in [0, 0.1) is 23.7 Å². The molecule has 0 bridgehead atoms. The highest BCUT2D eigenvalue weighted by Gasteiger charge is 2.64. The molecule has 7 nitrogen and oxygen atoms in total. The van der Waals surface area contributed by atoms with Crippen LogP contribution in [-0.2, 0) is 23.8 Å². The Morgan fingerprint density at radius 1 is 1.18 bits per heavy atom. The minimum Gasteiger partial charge on any atom is -0.447 e. The largest absolute Gasteiger partial charge is 0.447 e. The van der Waals surface area contributed by atoms with Crippen LogP contribution in [0.1, 0.15) is 74.1 Å². The molecule has 0 aromatic carbocycles. The van der Waals surface area contributed by atoms with Crippen molar-refractivity contribution in [1.82, 2.24) is 5.32 Å². The Balaban J connectivity index is 1.78. The van der Waals surface area contributed by atoms with Gasteiger partial charge in [0.2, 0.25) is 5.60 Å². The van der Waals surface area contributed by atoms with Crippen molar-refractivity contribution >= 4 is 11.9 Å². The van der Waals surface area contributed by atoms with Gasteiger partial charge in [0.05, 0.1) is 12.5 Å². The van der Waals surface area contributed by atoms with Crippen molar-refractivity contribution in [3.8, 4) is 0 Å². The van der Waals surface area contributed by atoms with E-state index < -0.39 is 35.7 Å². The van der Waals surface area contributed by atoms with Gasteiger partial charge in [-0.3, -0.25) is 9.59 Å². The van der Waals surface area contributed by atoms with Crippen molar-refractivity contribution in [2.75, 3.05) is 0 Å². The van der Waals surface area contributed by atoms with Crippen molar-refractivity contribution in [3.05, 3.63) is 23.3 Å². The lowest BCUT2D eigenvalue weighted by molar-refractivity contribution is -0.180. The highest BCUT2D eigenvalue weighted by atomic mass is 16.8. The van der Waals surface area contributed by atoms with Crippen LogP contribution in [-0.4, -0.2) is 52.7 Å². The smallest absolute Gasteiger partial charge is 0.309 e. The third kappa shape index (κ3) is 4.47. The number of carbonyl (C=O) groups is 2. The van der Waals surface area contributed by atoms with Gasteiger partial charge in [0.1, 0.15) is 12.2 Å². The second-order valence-corrected chi connectivity index (χ2v) is 11.7. The summed E-state index contributed by atoms with van der Waals surface area (Å²) in [6.07, 6.45) is 4.02. The molecule has 1 spiro atoms. The Morgan fingerprint density at radius 3 is 2.56 bits per heavy atom. The molecule has 0 aromatic heterocycles. The Morgan fingerprint density at radius 2 is 1.88 bits per heavy atom. The summed E-state index contributed by atoms with van der Waals surface area (Å²) in [6, 6.07) is -0.0670. The molecule has 34 heavy (non-hydrogen) atoms. The highest BCUT2D eigenvalue weighted by molar-refractivity contribution is 5.92. The van der Waals surface area contributed by atoms with E-state index in [0.29, 0.717) is 18.8 Å². The summed E-state index contributed by atoms with van der Waals surface area (Å²) in [4.78, 5) is 27.2. The predicted octanol–water partition coefficient (Wildman–Crippen LogP) is 3.65. The Hall–Kier alpha value is -1.70. The molecule has 2 N–H and O–H groups in total. The number of hydrogen-bond donors (Lipinski definition) is 2. The van der Waals surface area contributed by atoms with Gasteiger partial charge in [-0.25, -0.2) is 0 Å². The first-order valence-corrected chi connectivity index (χ1v) is 12.8. The van der Waals surface area contributed by atoms with Gasteiger partial charge in [0, 0.05) is 17.9 Å². The molecule has 8 atom stereocenters. The molecule has 0 radical (unpaired) electrons. The highest BCUT2D eigenvalue weighted by Crippen LogP contribution is 2.51. The van der Waals surface area contributed by atoms with E-state index in [1.54, 1.807) is 13.8 Å². The van der Waals surface area contributed by atoms with E-state index in [4.69, 9.17) is 14.2 Å². The van der Waals surface area contributed by atoms with Crippen LogP contribution in [0.15, 0.2) is 23.3 Å². The van der Waals surface area contributed by atoms with E-state index in [-0.39, 0.29) is 36.1 Å². The maximum Gasteiger partial charge on any atom is 0.309 e. The first kappa shape index (κ1) is 25.4. The predicted molar refractivity (Wildman–Crippen MR) is 128 cm³/mol. The Labute approximate surface area is 203 Å². The van der Waals surface area contributed by atoms with E-state index >= 15 is 0 Å². The van der Waals surface area contributed by atoms with Gasteiger partial charge in [-0.05, 0) is 58.8 Å². The third-order valence-corrected chi connectivity index (χ3v) is 8.07. The fraction of sp³-hybridized carbons (Fsp3) is 0.778. The van der Waals surface area contributed by atoms with E-state index in [9.17, 15) is 14.7 Å². The Bertz CT molecular complexity index is 892. The van der Waals surface area contributed by atoms with E-state index in [0.717, 1.165) is 12.0 Å². The molecule has 2 fully saturated rings. The first-order chi connectivity index (χ1) is 15.8. The summed E-state index contributed by atoms with van der Waals surface area (Å²) < 4.78 is 18.3. The van der Waals surface area contributed by atoms with Gasteiger partial charge in [0.15, 0.2) is 5.79 Å². The average Bonchev–Trinajstić information content (AvgIpc) is 3.16. The maximum atomic E-state index is 13.7. The summed E-state index contributed by atoms with van der Waals surface area (Å²) in [5.74, 6) is -1.65. The second kappa shape index (κ2) is 9.07. The van der Waals surface area contributed by atoms with Crippen LogP contribution in [0.25, 0.3) is 0 Å². The summed E-state index contributed by atoms with van der Waals surface area (Å²) in [5.41, 5.74) is 0.962. The van der Waals surface area contributed by atoms with E-state index in [1.165, 1.54) is 5.57 Å². The monoisotopic (exact) mass is 475 g/mol. The van der Waals surface area contributed by atoms with Gasteiger partial charge >= 0.3 is 5.97 Å². The van der Waals surface area contributed by atoms with Crippen molar-refractivity contribution < 1.29 is 28.9 Å². The van der Waals surface area contributed by atoms with E-state index in [1.807, 2.05) is 6.92 Å². The number of esters is 1. The van der Waals surface area contributed by atoms with Gasteiger partial charge in [-0.2, -0.15) is 0 Å². The fourth-order valence-corrected chi connectivity index (χ4v) is 6.50. The fourth-order valence-electron chi connectivity index (χ4n) is 6.50. The van der Waals surface area contributed by atoms with Crippen LogP contribution in [0.5, 0.6) is 0 Å². The van der Waals surface area contributed by atoms with Crippen LogP contribution >= 0.6 is 0 Å². The van der Waals surface area contributed by atoms with Crippen LogP contribution < -0.4 is 5.32 Å². The number of amides is 1. The number of hydrogen-bond acceptors (Lipinski definition) is 6. The number of aliphatic hydroxyl groups is 1. The van der Waals surface area contributed by atoms with Crippen molar-refractivity contribution in [1.29, 1.82) is 0 Å². The van der Waals surface area contributed by atoms with Gasteiger partial charge in [-0.1, -0.05) is 44.1 Å². The summed E-state index contributed by atoms with van der Waals surface area (Å²) in [5, 5.41) is 14.1. The molecule has 4 rings (SSSR count). The topological polar surface area (TPSA) is 94.1 Å². The zero-order chi connectivity index (χ0) is 25.0. The molecule has 0 aromatic rings. The van der Waals surface area contributed by atoms with Gasteiger partial charge in [0.25, 0.3) is 5.91 Å². The average molecular weight is 476 g/mol. The number of carbonyl (C=O) groups excluding carboxylic acids is 2. The minimum atomic E-state index is -1.29.